The lowest BCUT2D eigenvalue weighted by molar-refractivity contribution is 0.760. The Morgan fingerprint density at radius 3 is 2.79 bits per heavy atom. The van der Waals surface area contributed by atoms with Crippen molar-refractivity contribution in [1.82, 2.24) is 19.7 Å². The molecular formula is C13H13ClN4S. The predicted molar refractivity (Wildman–Crippen MR) is 78.4 cm³/mol. The van der Waals surface area contributed by atoms with Gasteiger partial charge in [0.2, 0.25) is 5.28 Å². The molecule has 0 radical (unpaired) electrons. The standard InChI is InChI=1S/C13H13ClN4S/c1-7(2)10-4-5-18(17-10)11-9-6-8(3)19-12(9)16-13(14)15-11/h4-7H,1-3H3. The summed E-state index contributed by atoms with van der Waals surface area (Å²) in [5.74, 6) is 1.13. The van der Waals surface area contributed by atoms with Crippen LogP contribution in [0.15, 0.2) is 18.3 Å². The third kappa shape index (κ3) is 2.24. The van der Waals surface area contributed by atoms with E-state index in [1.54, 1.807) is 16.0 Å². The van der Waals surface area contributed by atoms with Crippen LogP contribution in [0, 0.1) is 6.92 Å². The van der Waals surface area contributed by atoms with E-state index in [0.29, 0.717) is 5.92 Å². The highest BCUT2D eigenvalue weighted by Crippen LogP contribution is 2.28. The molecule has 0 saturated heterocycles. The van der Waals surface area contributed by atoms with Gasteiger partial charge in [0.05, 0.1) is 11.1 Å². The zero-order valence-electron chi connectivity index (χ0n) is 10.9. The Labute approximate surface area is 120 Å². The normalized spacial score (nSPS) is 11.6. The fourth-order valence-electron chi connectivity index (χ4n) is 1.94. The minimum absolute atomic E-state index is 0.256. The molecule has 6 heteroatoms. The lowest BCUT2D eigenvalue weighted by Gasteiger charge is -2.03. The first-order valence-electron chi connectivity index (χ1n) is 6.04. The van der Waals surface area contributed by atoms with E-state index >= 15 is 0 Å². The number of hydrogen-bond donors (Lipinski definition) is 0. The second kappa shape index (κ2) is 4.58. The van der Waals surface area contributed by atoms with E-state index in [1.807, 2.05) is 19.2 Å². The highest BCUT2D eigenvalue weighted by atomic mass is 35.5. The van der Waals surface area contributed by atoms with E-state index in [2.05, 4.69) is 35.0 Å². The second-order valence-electron chi connectivity index (χ2n) is 4.73. The Hall–Kier alpha value is -1.46. The van der Waals surface area contributed by atoms with Gasteiger partial charge in [-0.05, 0) is 36.6 Å². The van der Waals surface area contributed by atoms with Crippen LogP contribution >= 0.6 is 22.9 Å². The number of fused-ring (bicyclic) bond motifs is 1. The number of nitrogens with zero attached hydrogens (tertiary/aromatic N) is 4. The molecule has 98 valence electrons. The summed E-state index contributed by atoms with van der Waals surface area (Å²) in [4.78, 5) is 10.7. The van der Waals surface area contributed by atoms with Crippen molar-refractivity contribution in [2.75, 3.05) is 0 Å². The van der Waals surface area contributed by atoms with Gasteiger partial charge in [0, 0.05) is 11.1 Å². The molecule has 3 rings (SSSR count). The average molecular weight is 293 g/mol. The van der Waals surface area contributed by atoms with Crippen molar-refractivity contribution in [3.05, 3.63) is 34.2 Å². The van der Waals surface area contributed by atoms with Crippen molar-refractivity contribution in [3.8, 4) is 5.82 Å². The van der Waals surface area contributed by atoms with Crippen LogP contribution in [-0.2, 0) is 0 Å². The van der Waals surface area contributed by atoms with E-state index < -0.39 is 0 Å². The van der Waals surface area contributed by atoms with Gasteiger partial charge in [0.1, 0.15) is 4.83 Å². The molecule has 0 aliphatic carbocycles. The highest BCUT2D eigenvalue weighted by Gasteiger charge is 2.13. The Morgan fingerprint density at radius 1 is 1.32 bits per heavy atom. The van der Waals surface area contributed by atoms with Crippen molar-refractivity contribution in [1.29, 1.82) is 0 Å². The summed E-state index contributed by atoms with van der Waals surface area (Å²) in [7, 11) is 0. The van der Waals surface area contributed by atoms with Crippen LogP contribution in [0.1, 0.15) is 30.3 Å². The Kier molecular flexibility index (Phi) is 3.03. The van der Waals surface area contributed by atoms with E-state index in [4.69, 9.17) is 11.6 Å². The van der Waals surface area contributed by atoms with Crippen molar-refractivity contribution < 1.29 is 0 Å². The van der Waals surface area contributed by atoms with Gasteiger partial charge in [0.15, 0.2) is 5.82 Å². The molecule has 0 aromatic carbocycles. The molecule has 0 unspecified atom stereocenters. The lowest BCUT2D eigenvalue weighted by atomic mass is 10.1. The number of hydrogen-bond acceptors (Lipinski definition) is 4. The number of aryl methyl sites for hydroxylation is 1. The van der Waals surface area contributed by atoms with Gasteiger partial charge in [-0.15, -0.1) is 11.3 Å². The number of halogens is 1. The highest BCUT2D eigenvalue weighted by molar-refractivity contribution is 7.18. The summed E-state index contributed by atoms with van der Waals surface area (Å²) < 4.78 is 1.78. The molecule has 0 aliphatic rings. The van der Waals surface area contributed by atoms with Crippen molar-refractivity contribution in [3.63, 3.8) is 0 Å². The predicted octanol–water partition coefficient (Wildman–Crippen LogP) is 3.96. The summed E-state index contributed by atoms with van der Waals surface area (Å²) >= 11 is 7.61. The first kappa shape index (κ1) is 12.6. The maximum absolute atomic E-state index is 6.00. The van der Waals surface area contributed by atoms with E-state index in [1.165, 1.54) is 4.88 Å². The fourth-order valence-corrected chi connectivity index (χ4v) is 3.03. The molecule has 0 amide bonds. The van der Waals surface area contributed by atoms with Crippen LogP contribution < -0.4 is 0 Å². The first-order valence-corrected chi connectivity index (χ1v) is 7.23. The summed E-state index contributed by atoms with van der Waals surface area (Å²) in [6, 6.07) is 4.08. The fraction of sp³-hybridized carbons (Fsp3) is 0.308. The first-order chi connectivity index (χ1) is 9.04. The molecule has 3 aromatic rings. The number of rotatable bonds is 2. The van der Waals surface area contributed by atoms with Crippen molar-refractivity contribution in [2.24, 2.45) is 0 Å². The summed E-state index contributed by atoms with van der Waals surface area (Å²) in [5, 5.41) is 5.80. The minimum atomic E-state index is 0.256. The third-order valence-electron chi connectivity index (χ3n) is 2.89. The maximum Gasteiger partial charge on any atom is 0.225 e. The smallest absolute Gasteiger partial charge is 0.222 e. The summed E-state index contributed by atoms with van der Waals surface area (Å²) in [5.41, 5.74) is 1.04. The maximum atomic E-state index is 6.00. The molecule has 3 heterocycles. The number of aromatic nitrogens is 4. The van der Waals surface area contributed by atoms with Crippen LogP contribution in [0.4, 0.5) is 0 Å². The molecule has 0 N–H and O–H groups in total. The van der Waals surface area contributed by atoms with Crippen LogP contribution in [0.25, 0.3) is 16.0 Å². The quantitative estimate of drug-likeness (QED) is 0.671. The largest absolute Gasteiger partial charge is 0.225 e. The van der Waals surface area contributed by atoms with Crippen LogP contribution in [0.5, 0.6) is 0 Å². The summed E-state index contributed by atoms with van der Waals surface area (Å²) in [6.45, 7) is 6.28. The van der Waals surface area contributed by atoms with Crippen molar-refractivity contribution >= 4 is 33.2 Å². The van der Waals surface area contributed by atoms with Crippen LogP contribution in [0.2, 0.25) is 5.28 Å². The Morgan fingerprint density at radius 2 is 2.11 bits per heavy atom. The molecule has 19 heavy (non-hydrogen) atoms. The van der Waals surface area contributed by atoms with Gasteiger partial charge in [-0.1, -0.05) is 13.8 Å². The zero-order valence-corrected chi connectivity index (χ0v) is 12.5. The SMILES string of the molecule is Cc1cc2c(-n3ccc(C(C)C)n3)nc(Cl)nc2s1. The van der Waals surface area contributed by atoms with Gasteiger partial charge in [-0.3, -0.25) is 0 Å². The van der Waals surface area contributed by atoms with Crippen molar-refractivity contribution in [2.45, 2.75) is 26.7 Å². The average Bonchev–Trinajstić information content (AvgIpc) is 2.93. The molecule has 0 saturated carbocycles. The monoisotopic (exact) mass is 292 g/mol. The molecular weight excluding hydrogens is 280 g/mol. The van der Waals surface area contributed by atoms with E-state index in [0.717, 1.165) is 21.7 Å². The topological polar surface area (TPSA) is 43.6 Å². The van der Waals surface area contributed by atoms with Gasteiger partial charge in [-0.2, -0.15) is 10.1 Å². The molecule has 0 fully saturated rings. The summed E-state index contributed by atoms with van der Waals surface area (Å²) in [6.07, 6.45) is 1.92. The molecule has 4 nitrogen and oxygen atoms in total. The Balaban J connectivity index is 2.22. The van der Waals surface area contributed by atoms with Gasteiger partial charge >= 0.3 is 0 Å². The third-order valence-corrected chi connectivity index (χ3v) is 4.00. The minimum Gasteiger partial charge on any atom is -0.222 e. The van der Waals surface area contributed by atoms with Gasteiger partial charge in [-0.25, -0.2) is 9.67 Å². The molecule has 0 aliphatic heterocycles. The molecule has 0 spiro atoms. The molecule has 0 bridgehead atoms. The number of thiophene rings is 1. The van der Waals surface area contributed by atoms with Crippen LogP contribution in [-0.4, -0.2) is 19.7 Å². The van der Waals surface area contributed by atoms with Gasteiger partial charge < -0.3 is 0 Å². The van der Waals surface area contributed by atoms with E-state index in [9.17, 15) is 0 Å². The molecule has 3 aromatic heterocycles. The molecule has 0 atom stereocenters. The van der Waals surface area contributed by atoms with Crippen LogP contribution in [0.3, 0.4) is 0 Å². The van der Waals surface area contributed by atoms with Gasteiger partial charge in [0.25, 0.3) is 0 Å². The zero-order chi connectivity index (χ0) is 13.6. The second-order valence-corrected chi connectivity index (χ2v) is 6.30. The lowest BCUT2D eigenvalue weighted by Crippen LogP contribution is -2.01. The van der Waals surface area contributed by atoms with E-state index in [-0.39, 0.29) is 5.28 Å². The Bertz CT molecular complexity index is 744.